The van der Waals surface area contributed by atoms with E-state index in [4.69, 9.17) is 18.4 Å². The summed E-state index contributed by atoms with van der Waals surface area (Å²) in [4.78, 5) is 26.7. The number of rotatable bonds is 10. The van der Waals surface area contributed by atoms with E-state index >= 15 is 0 Å². The third-order valence-corrected chi connectivity index (χ3v) is 7.98. The Morgan fingerprint density at radius 2 is 1.62 bits per heavy atom. The molecule has 1 aliphatic rings. The molecule has 0 saturated carbocycles. The van der Waals surface area contributed by atoms with Crippen LogP contribution in [0.15, 0.2) is 70.5 Å². The highest BCUT2D eigenvalue weighted by Gasteiger charge is 2.35. The van der Waals surface area contributed by atoms with Gasteiger partial charge in [-0.2, -0.15) is 8.42 Å². The van der Waals surface area contributed by atoms with Gasteiger partial charge in [0.25, 0.3) is 11.1 Å². The summed E-state index contributed by atoms with van der Waals surface area (Å²) in [6.07, 6.45) is 1.54. The van der Waals surface area contributed by atoms with Crippen LogP contribution in [0.3, 0.4) is 0 Å². The van der Waals surface area contributed by atoms with Gasteiger partial charge in [-0.05, 0) is 90.8 Å². The van der Waals surface area contributed by atoms with Crippen LogP contribution in [0, 0.1) is 13.8 Å². The summed E-state index contributed by atoms with van der Waals surface area (Å²) in [5, 5.41) is -0.395. The van der Waals surface area contributed by atoms with Crippen LogP contribution in [-0.4, -0.2) is 51.8 Å². The molecule has 204 valence electrons. The van der Waals surface area contributed by atoms with Crippen molar-refractivity contribution in [3.05, 3.63) is 82.3 Å². The second-order valence-electron chi connectivity index (χ2n) is 8.57. The number of ether oxygens (including phenoxy) is 3. The van der Waals surface area contributed by atoms with E-state index in [1.165, 1.54) is 50.6 Å². The van der Waals surface area contributed by atoms with E-state index in [0.717, 1.165) is 27.8 Å². The van der Waals surface area contributed by atoms with Crippen molar-refractivity contribution in [2.45, 2.75) is 18.7 Å². The quantitative estimate of drug-likeness (QED) is 0.240. The van der Waals surface area contributed by atoms with Crippen molar-refractivity contribution < 1.29 is 36.4 Å². The standard InChI is InChI=1S/C28H27NO8S2/c1-18-5-6-19(2)24(15-18)36-14-13-29-27(30)26(38-28(29)31)17-20-7-12-23(25(16-20)35-4)37-39(32,33)22-10-8-21(34-3)9-11-22/h5-12,15-17H,13-14H2,1-4H3/b26-17-. The van der Waals surface area contributed by atoms with Gasteiger partial charge in [0.05, 0.1) is 25.7 Å². The maximum Gasteiger partial charge on any atom is 0.339 e. The Morgan fingerprint density at radius 3 is 2.31 bits per heavy atom. The van der Waals surface area contributed by atoms with Gasteiger partial charge in [-0.1, -0.05) is 18.2 Å². The van der Waals surface area contributed by atoms with Gasteiger partial charge in [-0.3, -0.25) is 14.5 Å². The van der Waals surface area contributed by atoms with Crippen molar-refractivity contribution in [3.8, 4) is 23.0 Å². The molecule has 0 aromatic heterocycles. The molecule has 1 heterocycles. The molecule has 0 radical (unpaired) electrons. The first kappa shape index (κ1) is 28.1. The lowest BCUT2D eigenvalue weighted by molar-refractivity contribution is -0.123. The average molecular weight is 570 g/mol. The summed E-state index contributed by atoms with van der Waals surface area (Å²) in [5.41, 5.74) is 2.54. The molecule has 0 aliphatic carbocycles. The number of benzene rings is 3. The summed E-state index contributed by atoms with van der Waals surface area (Å²) in [7, 11) is -1.28. The zero-order valence-corrected chi connectivity index (χ0v) is 23.4. The second-order valence-corrected chi connectivity index (χ2v) is 11.1. The fourth-order valence-electron chi connectivity index (χ4n) is 3.71. The van der Waals surface area contributed by atoms with E-state index in [1.807, 2.05) is 32.0 Å². The van der Waals surface area contributed by atoms with Gasteiger partial charge in [0.15, 0.2) is 11.5 Å². The van der Waals surface area contributed by atoms with Crippen LogP contribution in [0.2, 0.25) is 0 Å². The molecule has 11 heteroatoms. The molecular formula is C28H27NO8S2. The fraction of sp³-hybridized carbons (Fsp3) is 0.214. The fourth-order valence-corrected chi connectivity index (χ4v) is 5.51. The Bertz CT molecular complexity index is 1530. The molecule has 0 bridgehead atoms. The monoisotopic (exact) mass is 569 g/mol. The third kappa shape index (κ3) is 6.55. The van der Waals surface area contributed by atoms with E-state index in [2.05, 4.69) is 0 Å². The molecule has 3 aromatic rings. The van der Waals surface area contributed by atoms with Crippen molar-refractivity contribution in [3.63, 3.8) is 0 Å². The van der Waals surface area contributed by atoms with Gasteiger partial charge in [-0.15, -0.1) is 0 Å². The minimum Gasteiger partial charge on any atom is -0.497 e. The Morgan fingerprint density at radius 1 is 0.872 bits per heavy atom. The number of nitrogens with zero attached hydrogens (tertiary/aromatic N) is 1. The molecule has 0 unspecified atom stereocenters. The Labute approximate surface area is 231 Å². The first-order chi connectivity index (χ1) is 18.6. The number of hydrogen-bond acceptors (Lipinski definition) is 9. The van der Waals surface area contributed by atoms with E-state index < -0.39 is 21.3 Å². The van der Waals surface area contributed by atoms with E-state index in [-0.39, 0.29) is 34.5 Å². The van der Waals surface area contributed by atoms with Gasteiger partial charge in [0.1, 0.15) is 23.0 Å². The summed E-state index contributed by atoms with van der Waals surface area (Å²) in [5.74, 6) is 0.898. The molecule has 39 heavy (non-hydrogen) atoms. The molecule has 0 spiro atoms. The van der Waals surface area contributed by atoms with Crippen molar-refractivity contribution in [2.24, 2.45) is 0 Å². The molecule has 3 aromatic carbocycles. The number of amides is 2. The molecular weight excluding hydrogens is 542 g/mol. The van der Waals surface area contributed by atoms with Crippen molar-refractivity contribution in [2.75, 3.05) is 27.4 Å². The predicted molar refractivity (Wildman–Crippen MR) is 148 cm³/mol. The lowest BCUT2D eigenvalue weighted by atomic mass is 10.1. The van der Waals surface area contributed by atoms with Crippen LogP contribution in [0.1, 0.15) is 16.7 Å². The van der Waals surface area contributed by atoms with Gasteiger partial charge in [0.2, 0.25) is 0 Å². The molecule has 0 N–H and O–H groups in total. The molecule has 1 saturated heterocycles. The highest BCUT2D eigenvalue weighted by molar-refractivity contribution is 8.18. The van der Waals surface area contributed by atoms with Gasteiger partial charge >= 0.3 is 10.1 Å². The molecule has 4 rings (SSSR count). The van der Waals surface area contributed by atoms with Crippen molar-refractivity contribution >= 4 is 39.1 Å². The lowest BCUT2D eigenvalue weighted by Crippen LogP contribution is -2.32. The molecule has 9 nitrogen and oxygen atoms in total. The topological polar surface area (TPSA) is 108 Å². The maximum absolute atomic E-state index is 12.9. The number of thioether (sulfide) groups is 1. The zero-order chi connectivity index (χ0) is 28.2. The normalized spacial score (nSPS) is 14.6. The van der Waals surface area contributed by atoms with E-state index in [1.54, 1.807) is 12.1 Å². The van der Waals surface area contributed by atoms with Crippen molar-refractivity contribution in [1.29, 1.82) is 0 Å². The number of hydrogen-bond donors (Lipinski definition) is 0. The van der Waals surface area contributed by atoms with Crippen LogP contribution in [0.5, 0.6) is 23.0 Å². The van der Waals surface area contributed by atoms with Crippen molar-refractivity contribution in [1.82, 2.24) is 4.90 Å². The summed E-state index contributed by atoms with van der Waals surface area (Å²) in [6.45, 7) is 4.16. The van der Waals surface area contributed by atoms with Crippen LogP contribution >= 0.6 is 11.8 Å². The predicted octanol–water partition coefficient (Wildman–Crippen LogP) is 5.20. The number of aryl methyl sites for hydroxylation is 2. The Kier molecular flexibility index (Phi) is 8.51. The lowest BCUT2D eigenvalue weighted by Gasteiger charge is -2.14. The zero-order valence-electron chi connectivity index (χ0n) is 21.8. The van der Waals surface area contributed by atoms with E-state index in [9.17, 15) is 18.0 Å². The SMILES string of the molecule is COc1ccc(S(=O)(=O)Oc2ccc(/C=C3\SC(=O)N(CCOc4cc(C)ccc4C)C3=O)cc2OC)cc1. The highest BCUT2D eigenvalue weighted by Crippen LogP contribution is 2.35. The van der Waals surface area contributed by atoms with Gasteiger partial charge < -0.3 is 18.4 Å². The minimum atomic E-state index is -4.14. The minimum absolute atomic E-state index is 0.0258. The highest BCUT2D eigenvalue weighted by atomic mass is 32.2. The van der Waals surface area contributed by atoms with Gasteiger partial charge in [-0.25, -0.2) is 0 Å². The molecule has 1 aliphatic heterocycles. The first-order valence-electron chi connectivity index (χ1n) is 11.8. The maximum atomic E-state index is 12.9. The number of carbonyl (C=O) groups is 2. The first-order valence-corrected chi connectivity index (χ1v) is 14.1. The number of methoxy groups -OCH3 is 2. The third-order valence-electron chi connectivity index (χ3n) is 5.82. The van der Waals surface area contributed by atoms with Gasteiger partial charge in [0, 0.05) is 0 Å². The summed E-state index contributed by atoms with van der Waals surface area (Å²) >= 11 is 0.821. The average Bonchev–Trinajstić information content (AvgIpc) is 3.18. The summed E-state index contributed by atoms with van der Waals surface area (Å²) in [6, 6.07) is 16.1. The van der Waals surface area contributed by atoms with E-state index in [0.29, 0.717) is 17.1 Å². The Hall–Kier alpha value is -3.96. The molecule has 0 atom stereocenters. The van der Waals surface area contributed by atoms with Crippen LogP contribution in [0.4, 0.5) is 4.79 Å². The smallest absolute Gasteiger partial charge is 0.339 e. The van der Waals surface area contributed by atoms with Crippen LogP contribution < -0.4 is 18.4 Å². The van der Waals surface area contributed by atoms with Crippen LogP contribution in [0.25, 0.3) is 6.08 Å². The second kappa shape index (κ2) is 11.8. The molecule has 1 fully saturated rings. The van der Waals surface area contributed by atoms with Crippen LogP contribution in [-0.2, 0) is 14.9 Å². The largest absolute Gasteiger partial charge is 0.497 e. The summed E-state index contributed by atoms with van der Waals surface area (Å²) < 4.78 is 46.9. The Balaban J connectivity index is 1.45. The molecule has 2 amide bonds. The number of imide groups is 1. The number of carbonyl (C=O) groups excluding carboxylic acids is 2.